The lowest BCUT2D eigenvalue weighted by Gasteiger charge is -2.20. The van der Waals surface area contributed by atoms with E-state index in [-0.39, 0.29) is 23.9 Å². The van der Waals surface area contributed by atoms with Gasteiger partial charge in [-0.1, -0.05) is 6.07 Å². The van der Waals surface area contributed by atoms with Crippen molar-refractivity contribution in [2.24, 2.45) is 0 Å². The van der Waals surface area contributed by atoms with Crippen LogP contribution < -0.4 is 4.74 Å². The number of ether oxygens (including phenoxy) is 1. The van der Waals surface area contributed by atoms with E-state index in [2.05, 4.69) is 15.9 Å². The van der Waals surface area contributed by atoms with Crippen molar-refractivity contribution in [3.8, 4) is 5.75 Å². The Hall–Kier alpha value is -1.16. The van der Waals surface area contributed by atoms with Crippen LogP contribution in [0.25, 0.3) is 0 Å². The molecule has 4 heteroatoms. The normalized spacial score (nSPS) is 17.3. The Bertz CT molecular complexity index is 452. The Labute approximate surface area is 108 Å². The lowest BCUT2D eigenvalue weighted by atomic mass is 9.83. The molecule has 0 unspecified atom stereocenters. The van der Waals surface area contributed by atoms with E-state index in [0.29, 0.717) is 12.8 Å². The van der Waals surface area contributed by atoms with Gasteiger partial charge in [0.2, 0.25) is 0 Å². The standard InChI is InChI=1S/C13H13BrO3/c1-17-13-3-2-8(6-12(13)14)9-4-10(15)7-11(16)5-9/h2-3,6,9H,4-5,7H2,1H3. The monoisotopic (exact) mass is 296 g/mol. The van der Waals surface area contributed by atoms with Crippen LogP contribution in [0.4, 0.5) is 0 Å². The third-order valence-corrected chi connectivity index (χ3v) is 3.61. The summed E-state index contributed by atoms with van der Waals surface area (Å²) < 4.78 is 6.00. The predicted octanol–water partition coefficient (Wildman–Crippen LogP) is 2.86. The summed E-state index contributed by atoms with van der Waals surface area (Å²) in [5.74, 6) is 0.851. The van der Waals surface area contributed by atoms with E-state index in [1.54, 1.807) is 7.11 Å². The molecule has 1 saturated carbocycles. The van der Waals surface area contributed by atoms with Crippen LogP contribution in [0.1, 0.15) is 30.7 Å². The van der Waals surface area contributed by atoms with E-state index in [0.717, 1.165) is 15.8 Å². The molecular formula is C13H13BrO3. The summed E-state index contributed by atoms with van der Waals surface area (Å²) in [5, 5.41) is 0. The maximum absolute atomic E-state index is 11.4. The zero-order valence-corrected chi connectivity index (χ0v) is 11.1. The number of benzene rings is 1. The van der Waals surface area contributed by atoms with Gasteiger partial charge >= 0.3 is 0 Å². The van der Waals surface area contributed by atoms with Gasteiger partial charge in [0.15, 0.2) is 0 Å². The van der Waals surface area contributed by atoms with Gasteiger partial charge in [-0.3, -0.25) is 9.59 Å². The largest absolute Gasteiger partial charge is 0.496 e. The quantitative estimate of drug-likeness (QED) is 0.788. The van der Waals surface area contributed by atoms with E-state index in [9.17, 15) is 9.59 Å². The number of methoxy groups -OCH3 is 1. The highest BCUT2D eigenvalue weighted by Crippen LogP contribution is 2.34. The van der Waals surface area contributed by atoms with Crippen molar-refractivity contribution < 1.29 is 14.3 Å². The molecule has 0 spiro atoms. The fraction of sp³-hybridized carbons (Fsp3) is 0.385. The lowest BCUT2D eigenvalue weighted by molar-refractivity contribution is -0.130. The van der Waals surface area contributed by atoms with Crippen LogP contribution in [0.15, 0.2) is 22.7 Å². The van der Waals surface area contributed by atoms with Crippen LogP contribution in [-0.4, -0.2) is 18.7 Å². The predicted molar refractivity (Wildman–Crippen MR) is 67.3 cm³/mol. The van der Waals surface area contributed by atoms with Gasteiger partial charge in [0.25, 0.3) is 0 Å². The molecule has 0 aliphatic heterocycles. The number of carbonyl (C=O) groups is 2. The molecule has 0 N–H and O–H groups in total. The summed E-state index contributed by atoms with van der Waals surface area (Å²) in [4.78, 5) is 22.8. The van der Waals surface area contributed by atoms with E-state index in [1.807, 2.05) is 18.2 Å². The second kappa shape index (κ2) is 5.00. The Kier molecular flexibility index (Phi) is 3.62. The molecular weight excluding hydrogens is 284 g/mol. The maximum Gasteiger partial charge on any atom is 0.140 e. The van der Waals surface area contributed by atoms with Crippen molar-refractivity contribution in [2.75, 3.05) is 7.11 Å². The number of ketones is 2. The van der Waals surface area contributed by atoms with Crippen molar-refractivity contribution in [2.45, 2.75) is 25.2 Å². The van der Waals surface area contributed by atoms with Gasteiger partial charge in [-0.2, -0.15) is 0 Å². The average molecular weight is 297 g/mol. The minimum atomic E-state index is 0.0194. The number of hydrogen-bond acceptors (Lipinski definition) is 3. The molecule has 0 bridgehead atoms. The molecule has 90 valence electrons. The number of carbonyl (C=O) groups excluding carboxylic acids is 2. The first-order chi connectivity index (χ1) is 8.10. The topological polar surface area (TPSA) is 43.4 Å². The zero-order valence-electron chi connectivity index (χ0n) is 9.53. The highest BCUT2D eigenvalue weighted by molar-refractivity contribution is 9.10. The molecule has 1 aliphatic rings. The molecule has 0 atom stereocenters. The molecule has 0 aromatic heterocycles. The third-order valence-electron chi connectivity index (χ3n) is 2.99. The number of halogens is 1. The fourth-order valence-electron chi connectivity index (χ4n) is 2.16. The smallest absolute Gasteiger partial charge is 0.140 e. The summed E-state index contributed by atoms with van der Waals surface area (Å²) in [6.07, 6.45) is 1.03. The van der Waals surface area contributed by atoms with Gasteiger partial charge in [0, 0.05) is 12.8 Å². The van der Waals surface area contributed by atoms with Crippen LogP contribution >= 0.6 is 15.9 Å². The summed E-state index contributed by atoms with van der Waals surface area (Å²) in [6.45, 7) is 0. The van der Waals surface area contributed by atoms with Crippen molar-refractivity contribution in [3.05, 3.63) is 28.2 Å². The summed E-state index contributed by atoms with van der Waals surface area (Å²) in [7, 11) is 1.60. The first kappa shape index (κ1) is 12.3. The maximum atomic E-state index is 11.4. The van der Waals surface area contributed by atoms with Crippen LogP contribution in [-0.2, 0) is 9.59 Å². The minimum Gasteiger partial charge on any atom is -0.496 e. The van der Waals surface area contributed by atoms with Crippen molar-refractivity contribution >= 4 is 27.5 Å². The summed E-state index contributed by atoms with van der Waals surface area (Å²) in [6, 6.07) is 5.69. The van der Waals surface area contributed by atoms with Gasteiger partial charge in [0.05, 0.1) is 18.0 Å². The number of hydrogen-bond donors (Lipinski definition) is 0. The Balaban J connectivity index is 2.25. The molecule has 3 nitrogen and oxygen atoms in total. The second-order valence-electron chi connectivity index (χ2n) is 4.25. The Morgan fingerprint density at radius 3 is 2.41 bits per heavy atom. The first-order valence-electron chi connectivity index (χ1n) is 5.47. The van der Waals surface area contributed by atoms with Crippen molar-refractivity contribution in [1.82, 2.24) is 0 Å². The van der Waals surface area contributed by atoms with Crippen LogP contribution in [0.5, 0.6) is 5.75 Å². The van der Waals surface area contributed by atoms with Crippen LogP contribution in [0.3, 0.4) is 0 Å². The molecule has 1 aromatic carbocycles. The highest BCUT2D eigenvalue weighted by Gasteiger charge is 2.26. The third kappa shape index (κ3) is 2.75. The van der Waals surface area contributed by atoms with Gasteiger partial charge < -0.3 is 4.74 Å². The lowest BCUT2D eigenvalue weighted by Crippen LogP contribution is -2.21. The molecule has 0 saturated heterocycles. The van der Waals surface area contributed by atoms with Crippen LogP contribution in [0, 0.1) is 0 Å². The van der Waals surface area contributed by atoms with Gasteiger partial charge in [-0.15, -0.1) is 0 Å². The van der Waals surface area contributed by atoms with Gasteiger partial charge in [0.1, 0.15) is 17.3 Å². The van der Waals surface area contributed by atoms with E-state index < -0.39 is 0 Å². The van der Waals surface area contributed by atoms with E-state index in [1.165, 1.54) is 0 Å². The fourth-order valence-corrected chi connectivity index (χ4v) is 2.72. The first-order valence-corrected chi connectivity index (χ1v) is 6.26. The Morgan fingerprint density at radius 2 is 1.88 bits per heavy atom. The van der Waals surface area contributed by atoms with Gasteiger partial charge in [-0.25, -0.2) is 0 Å². The Morgan fingerprint density at radius 1 is 1.24 bits per heavy atom. The molecule has 17 heavy (non-hydrogen) atoms. The second-order valence-corrected chi connectivity index (χ2v) is 5.11. The van der Waals surface area contributed by atoms with Crippen molar-refractivity contribution in [1.29, 1.82) is 0 Å². The van der Waals surface area contributed by atoms with E-state index >= 15 is 0 Å². The summed E-state index contributed by atoms with van der Waals surface area (Å²) >= 11 is 3.41. The molecule has 2 rings (SSSR count). The van der Waals surface area contributed by atoms with Crippen molar-refractivity contribution in [3.63, 3.8) is 0 Å². The number of rotatable bonds is 2. The molecule has 0 heterocycles. The molecule has 1 fully saturated rings. The highest BCUT2D eigenvalue weighted by atomic mass is 79.9. The number of Topliss-reactive ketones (excluding diaryl/α,β-unsaturated/α-hetero) is 2. The zero-order chi connectivity index (χ0) is 12.4. The molecule has 1 aromatic rings. The molecule has 0 radical (unpaired) electrons. The minimum absolute atomic E-state index is 0.0194. The van der Waals surface area contributed by atoms with Gasteiger partial charge in [-0.05, 0) is 39.5 Å². The average Bonchev–Trinajstić information content (AvgIpc) is 2.27. The molecule has 1 aliphatic carbocycles. The SMILES string of the molecule is COc1ccc(C2CC(=O)CC(=O)C2)cc1Br. The van der Waals surface area contributed by atoms with Crippen LogP contribution in [0.2, 0.25) is 0 Å². The van der Waals surface area contributed by atoms with E-state index in [4.69, 9.17) is 4.74 Å². The molecule has 0 amide bonds. The summed E-state index contributed by atoms with van der Waals surface area (Å²) in [5.41, 5.74) is 1.01.